The fourth-order valence-corrected chi connectivity index (χ4v) is 2.34. The zero-order valence-electron chi connectivity index (χ0n) is 12.1. The first-order valence-electron chi connectivity index (χ1n) is 7.05. The van der Waals surface area contributed by atoms with Crippen LogP contribution in [0.1, 0.15) is 22.8 Å². The van der Waals surface area contributed by atoms with Crippen molar-refractivity contribution >= 4 is 22.6 Å². The normalized spacial score (nSPS) is 10.6. The van der Waals surface area contributed by atoms with Gasteiger partial charge in [0, 0.05) is 23.2 Å². The minimum absolute atomic E-state index is 0.306. The zero-order valence-corrected chi connectivity index (χ0v) is 12.1. The van der Waals surface area contributed by atoms with Crippen molar-refractivity contribution in [2.45, 2.75) is 13.3 Å². The van der Waals surface area contributed by atoms with Crippen LogP contribution in [-0.4, -0.2) is 15.9 Å². The number of carbonyl (C=O) groups is 1. The summed E-state index contributed by atoms with van der Waals surface area (Å²) >= 11 is 0. The molecular weight excluding hydrogens is 278 g/mol. The van der Waals surface area contributed by atoms with Gasteiger partial charge in [0.25, 0.3) is 5.91 Å². The fraction of sp³-hybridized carbons (Fsp3) is 0.118. The summed E-state index contributed by atoms with van der Waals surface area (Å²) in [6, 6.07) is 12.2. The minimum atomic E-state index is -0.344. The summed E-state index contributed by atoms with van der Waals surface area (Å²) in [6.45, 7) is 2.03. The van der Waals surface area contributed by atoms with Crippen LogP contribution in [0.2, 0.25) is 0 Å². The van der Waals surface area contributed by atoms with E-state index in [9.17, 15) is 9.59 Å². The van der Waals surface area contributed by atoms with Crippen LogP contribution >= 0.6 is 0 Å². The number of hydrogen-bond acceptors (Lipinski definition) is 3. The molecule has 110 valence electrons. The molecule has 1 aromatic carbocycles. The van der Waals surface area contributed by atoms with Crippen LogP contribution in [-0.2, 0) is 6.42 Å². The van der Waals surface area contributed by atoms with E-state index < -0.39 is 0 Å². The zero-order chi connectivity index (χ0) is 15.5. The predicted octanol–water partition coefficient (Wildman–Crippen LogP) is 2.74. The number of fused-ring (bicyclic) bond motifs is 1. The first kappa shape index (κ1) is 14.0. The van der Waals surface area contributed by atoms with E-state index in [1.807, 2.05) is 31.2 Å². The van der Waals surface area contributed by atoms with E-state index in [4.69, 9.17) is 0 Å². The molecular formula is C17H15N3O2. The number of carbonyl (C=O) groups excluding carboxylic acids is 1. The third kappa shape index (κ3) is 2.74. The Labute approximate surface area is 127 Å². The summed E-state index contributed by atoms with van der Waals surface area (Å²) in [5.41, 5.74) is 1.75. The Kier molecular flexibility index (Phi) is 3.70. The monoisotopic (exact) mass is 293 g/mol. The lowest BCUT2D eigenvalue weighted by Crippen LogP contribution is -2.17. The number of aryl methyl sites for hydroxylation is 1. The van der Waals surface area contributed by atoms with Gasteiger partial charge in [-0.25, -0.2) is 4.98 Å². The highest BCUT2D eigenvalue weighted by molar-refractivity contribution is 6.11. The lowest BCUT2D eigenvalue weighted by atomic mass is 10.1. The maximum Gasteiger partial charge on any atom is 0.257 e. The molecule has 22 heavy (non-hydrogen) atoms. The summed E-state index contributed by atoms with van der Waals surface area (Å²) in [6.07, 6.45) is 2.52. The molecule has 0 atom stereocenters. The number of benzene rings is 1. The first-order valence-corrected chi connectivity index (χ1v) is 7.05. The van der Waals surface area contributed by atoms with Crippen LogP contribution < -0.4 is 10.9 Å². The molecule has 0 aliphatic rings. The van der Waals surface area contributed by atoms with Gasteiger partial charge in [-0.3, -0.25) is 9.59 Å². The molecule has 0 aliphatic heterocycles. The van der Waals surface area contributed by atoms with Gasteiger partial charge >= 0.3 is 0 Å². The second kappa shape index (κ2) is 5.81. The quantitative estimate of drug-likeness (QED) is 0.779. The predicted molar refractivity (Wildman–Crippen MR) is 86.1 cm³/mol. The Bertz CT molecular complexity index is 900. The molecule has 3 aromatic rings. The molecule has 1 amide bonds. The number of nitrogens with one attached hydrogen (secondary N) is 2. The van der Waals surface area contributed by atoms with Crippen LogP contribution in [0.3, 0.4) is 0 Å². The highest BCUT2D eigenvalue weighted by atomic mass is 16.2. The number of anilines is 1. The molecule has 2 heterocycles. The number of pyridine rings is 2. The van der Waals surface area contributed by atoms with Crippen LogP contribution in [0.5, 0.6) is 0 Å². The van der Waals surface area contributed by atoms with E-state index in [1.165, 1.54) is 6.07 Å². The standard InChI is InChI=1S/C17H15N3O2/c1-2-11-7-8-18-15(9-11)20-17(22)13-10-16(21)19-14-6-4-3-5-12(13)14/h3-10H,2H2,1H3,(H,19,21)(H,18,20,22). The first-order chi connectivity index (χ1) is 10.7. The molecule has 3 rings (SSSR count). The van der Waals surface area contributed by atoms with E-state index >= 15 is 0 Å². The Balaban J connectivity index is 2.00. The second-order valence-electron chi connectivity index (χ2n) is 4.95. The summed E-state index contributed by atoms with van der Waals surface area (Å²) < 4.78 is 0. The number of aromatic nitrogens is 2. The van der Waals surface area contributed by atoms with Gasteiger partial charge in [0.15, 0.2) is 0 Å². The third-order valence-corrected chi connectivity index (χ3v) is 3.47. The van der Waals surface area contributed by atoms with E-state index in [0.717, 1.165) is 12.0 Å². The van der Waals surface area contributed by atoms with Crippen molar-refractivity contribution in [1.29, 1.82) is 0 Å². The minimum Gasteiger partial charge on any atom is -0.322 e. The largest absolute Gasteiger partial charge is 0.322 e. The summed E-state index contributed by atoms with van der Waals surface area (Å²) in [4.78, 5) is 31.0. The van der Waals surface area contributed by atoms with Gasteiger partial charge in [-0.1, -0.05) is 25.1 Å². The summed E-state index contributed by atoms with van der Waals surface area (Å²) in [5, 5.41) is 3.45. The van der Waals surface area contributed by atoms with Crippen molar-refractivity contribution in [3.8, 4) is 0 Å². The molecule has 0 fully saturated rings. The van der Waals surface area contributed by atoms with Crippen molar-refractivity contribution in [2.75, 3.05) is 5.32 Å². The Hall–Kier alpha value is -2.95. The van der Waals surface area contributed by atoms with E-state index in [-0.39, 0.29) is 11.5 Å². The summed E-state index contributed by atoms with van der Waals surface area (Å²) in [5.74, 6) is 0.136. The Morgan fingerprint density at radius 1 is 1.23 bits per heavy atom. The Morgan fingerprint density at radius 3 is 2.86 bits per heavy atom. The lowest BCUT2D eigenvalue weighted by Gasteiger charge is -2.08. The van der Waals surface area contributed by atoms with Gasteiger partial charge < -0.3 is 10.3 Å². The molecule has 0 bridgehead atoms. The number of rotatable bonds is 3. The summed E-state index contributed by atoms with van der Waals surface area (Å²) in [7, 11) is 0. The third-order valence-electron chi connectivity index (χ3n) is 3.47. The molecule has 0 saturated carbocycles. The highest BCUT2D eigenvalue weighted by Crippen LogP contribution is 2.16. The van der Waals surface area contributed by atoms with Crippen LogP contribution in [0.25, 0.3) is 10.9 Å². The van der Waals surface area contributed by atoms with Crippen LogP contribution in [0.4, 0.5) is 5.82 Å². The molecule has 0 spiro atoms. The average molecular weight is 293 g/mol. The van der Waals surface area contributed by atoms with Gasteiger partial charge in [-0.2, -0.15) is 0 Å². The second-order valence-corrected chi connectivity index (χ2v) is 4.95. The van der Waals surface area contributed by atoms with Crippen molar-refractivity contribution in [3.63, 3.8) is 0 Å². The topological polar surface area (TPSA) is 74.8 Å². The molecule has 0 radical (unpaired) electrons. The SMILES string of the molecule is CCc1ccnc(NC(=O)c2cc(=O)[nH]c3ccccc23)c1. The number of H-pyrrole nitrogens is 1. The molecule has 5 heteroatoms. The number of hydrogen-bond donors (Lipinski definition) is 2. The van der Waals surface area contributed by atoms with Gasteiger partial charge in [0.2, 0.25) is 5.56 Å². The number of aromatic amines is 1. The van der Waals surface area contributed by atoms with Gasteiger partial charge in [0.1, 0.15) is 5.82 Å². The van der Waals surface area contributed by atoms with Crippen molar-refractivity contribution in [2.24, 2.45) is 0 Å². The number of para-hydroxylation sites is 1. The molecule has 0 aliphatic carbocycles. The molecule has 0 unspecified atom stereocenters. The van der Waals surface area contributed by atoms with Gasteiger partial charge in [0.05, 0.1) is 5.56 Å². The number of amides is 1. The van der Waals surface area contributed by atoms with Gasteiger partial charge in [-0.05, 0) is 30.2 Å². The maximum absolute atomic E-state index is 12.5. The molecule has 5 nitrogen and oxygen atoms in total. The molecule has 2 N–H and O–H groups in total. The Morgan fingerprint density at radius 2 is 2.05 bits per heavy atom. The van der Waals surface area contributed by atoms with E-state index in [2.05, 4.69) is 15.3 Å². The van der Waals surface area contributed by atoms with Crippen molar-refractivity contribution in [1.82, 2.24) is 9.97 Å². The van der Waals surface area contributed by atoms with E-state index in [1.54, 1.807) is 18.3 Å². The number of nitrogens with zero attached hydrogens (tertiary/aromatic N) is 1. The van der Waals surface area contributed by atoms with E-state index in [0.29, 0.717) is 22.3 Å². The maximum atomic E-state index is 12.5. The molecule has 2 aromatic heterocycles. The lowest BCUT2D eigenvalue weighted by molar-refractivity contribution is 0.102. The highest BCUT2D eigenvalue weighted by Gasteiger charge is 2.12. The smallest absolute Gasteiger partial charge is 0.257 e. The van der Waals surface area contributed by atoms with Crippen molar-refractivity contribution < 1.29 is 4.79 Å². The van der Waals surface area contributed by atoms with Crippen molar-refractivity contribution in [3.05, 3.63) is 70.1 Å². The van der Waals surface area contributed by atoms with Gasteiger partial charge in [-0.15, -0.1) is 0 Å². The van der Waals surface area contributed by atoms with Crippen LogP contribution in [0, 0.1) is 0 Å². The average Bonchev–Trinajstić information content (AvgIpc) is 2.54. The molecule has 0 saturated heterocycles. The fourth-order valence-electron chi connectivity index (χ4n) is 2.34. The van der Waals surface area contributed by atoms with Crippen LogP contribution in [0.15, 0.2) is 53.5 Å².